The van der Waals surface area contributed by atoms with Crippen molar-refractivity contribution in [2.75, 3.05) is 13.1 Å². The molecule has 0 bridgehead atoms. The lowest BCUT2D eigenvalue weighted by Crippen LogP contribution is -2.40. The highest BCUT2D eigenvalue weighted by atomic mass is 15.0. The van der Waals surface area contributed by atoms with Crippen molar-refractivity contribution in [3.63, 3.8) is 0 Å². The van der Waals surface area contributed by atoms with Crippen molar-refractivity contribution in [3.05, 3.63) is 29.6 Å². The fourth-order valence-electron chi connectivity index (χ4n) is 1.26. The summed E-state index contributed by atoms with van der Waals surface area (Å²) in [5.41, 5.74) is 2.04. The Bertz CT molecular complexity index is 321. The molecule has 0 saturated carbocycles. The van der Waals surface area contributed by atoms with Crippen LogP contribution in [0.15, 0.2) is 18.3 Å². The van der Waals surface area contributed by atoms with Gasteiger partial charge in [0.2, 0.25) is 0 Å². The van der Waals surface area contributed by atoms with Crippen molar-refractivity contribution in [2.45, 2.75) is 5.92 Å². The van der Waals surface area contributed by atoms with E-state index in [4.69, 9.17) is 6.42 Å². The molecule has 12 heavy (non-hydrogen) atoms. The van der Waals surface area contributed by atoms with Gasteiger partial charge in [-0.1, -0.05) is 5.92 Å². The van der Waals surface area contributed by atoms with Gasteiger partial charge in [0.1, 0.15) is 0 Å². The Morgan fingerprint density at radius 3 is 3.00 bits per heavy atom. The lowest BCUT2D eigenvalue weighted by Gasteiger charge is -2.26. The van der Waals surface area contributed by atoms with Crippen LogP contribution < -0.4 is 5.32 Å². The molecule has 1 aliphatic rings. The third kappa shape index (κ3) is 1.19. The number of aromatic nitrogens is 1. The maximum atomic E-state index is 5.28. The van der Waals surface area contributed by atoms with Crippen LogP contribution in [0.4, 0.5) is 0 Å². The predicted molar refractivity (Wildman–Crippen MR) is 47.8 cm³/mol. The summed E-state index contributed by atoms with van der Waals surface area (Å²) in [7, 11) is 0. The van der Waals surface area contributed by atoms with E-state index >= 15 is 0 Å². The molecular weight excluding hydrogens is 148 g/mol. The van der Waals surface area contributed by atoms with Gasteiger partial charge in [-0.15, -0.1) is 6.42 Å². The Kier molecular flexibility index (Phi) is 1.81. The zero-order valence-corrected chi connectivity index (χ0v) is 6.75. The lowest BCUT2D eigenvalue weighted by atomic mass is 9.98. The molecule has 1 fully saturated rings. The number of nitrogens with zero attached hydrogens (tertiary/aromatic N) is 1. The summed E-state index contributed by atoms with van der Waals surface area (Å²) in [5, 5.41) is 3.21. The first-order valence-corrected chi connectivity index (χ1v) is 4.03. The standard InChI is InChI=1S/C10H10N2/c1-2-8-3-4-12-10(5-8)9-6-11-7-9/h1,3-5,9,11H,6-7H2. The highest BCUT2D eigenvalue weighted by Crippen LogP contribution is 2.17. The predicted octanol–water partition coefficient (Wildman–Crippen LogP) is 0.750. The van der Waals surface area contributed by atoms with Gasteiger partial charge in [0.15, 0.2) is 0 Å². The molecule has 60 valence electrons. The van der Waals surface area contributed by atoms with E-state index in [0.29, 0.717) is 5.92 Å². The van der Waals surface area contributed by atoms with Gasteiger partial charge >= 0.3 is 0 Å². The molecule has 0 amide bonds. The van der Waals surface area contributed by atoms with Gasteiger partial charge in [-0.05, 0) is 12.1 Å². The second-order valence-electron chi connectivity index (χ2n) is 2.97. The molecule has 1 aromatic rings. The molecule has 0 spiro atoms. The van der Waals surface area contributed by atoms with E-state index in [-0.39, 0.29) is 0 Å². The summed E-state index contributed by atoms with van der Waals surface area (Å²) < 4.78 is 0. The Morgan fingerprint density at radius 2 is 2.42 bits per heavy atom. The average Bonchev–Trinajstić information content (AvgIpc) is 2.02. The van der Waals surface area contributed by atoms with Gasteiger partial charge in [0.25, 0.3) is 0 Å². The molecule has 0 aromatic carbocycles. The number of hydrogen-bond acceptors (Lipinski definition) is 2. The van der Waals surface area contributed by atoms with Gasteiger partial charge in [0, 0.05) is 36.5 Å². The van der Waals surface area contributed by atoms with Crippen molar-refractivity contribution in [1.82, 2.24) is 10.3 Å². The first-order chi connectivity index (χ1) is 5.90. The highest BCUT2D eigenvalue weighted by molar-refractivity contribution is 5.33. The fourth-order valence-corrected chi connectivity index (χ4v) is 1.26. The van der Waals surface area contributed by atoms with E-state index in [1.165, 1.54) is 0 Å². The quantitative estimate of drug-likeness (QED) is 0.610. The Morgan fingerprint density at radius 1 is 1.58 bits per heavy atom. The van der Waals surface area contributed by atoms with Crippen LogP contribution in [-0.4, -0.2) is 18.1 Å². The summed E-state index contributed by atoms with van der Waals surface area (Å²) in [5.74, 6) is 3.18. The monoisotopic (exact) mass is 158 g/mol. The van der Waals surface area contributed by atoms with Gasteiger partial charge in [0.05, 0.1) is 0 Å². The average molecular weight is 158 g/mol. The maximum Gasteiger partial charge on any atom is 0.0472 e. The molecule has 0 radical (unpaired) electrons. The molecule has 0 unspecified atom stereocenters. The molecule has 2 nitrogen and oxygen atoms in total. The van der Waals surface area contributed by atoms with Gasteiger partial charge in [-0.3, -0.25) is 4.98 Å². The summed E-state index contributed by atoms with van der Waals surface area (Å²) in [6.45, 7) is 2.06. The molecule has 0 atom stereocenters. The van der Waals surface area contributed by atoms with Gasteiger partial charge in [-0.2, -0.15) is 0 Å². The molecule has 1 saturated heterocycles. The Hall–Kier alpha value is -1.33. The summed E-state index contributed by atoms with van der Waals surface area (Å²) in [4.78, 5) is 4.27. The van der Waals surface area contributed by atoms with Gasteiger partial charge < -0.3 is 5.32 Å². The first kappa shape index (κ1) is 7.33. The van der Waals surface area contributed by atoms with E-state index in [2.05, 4.69) is 16.2 Å². The lowest BCUT2D eigenvalue weighted by molar-refractivity contribution is 0.440. The van der Waals surface area contributed by atoms with E-state index in [9.17, 15) is 0 Å². The molecule has 1 aliphatic heterocycles. The maximum absolute atomic E-state index is 5.28. The van der Waals surface area contributed by atoms with E-state index < -0.39 is 0 Å². The van der Waals surface area contributed by atoms with Crippen LogP contribution in [0.3, 0.4) is 0 Å². The normalized spacial score (nSPS) is 16.6. The zero-order chi connectivity index (χ0) is 8.39. The minimum atomic E-state index is 0.568. The van der Waals surface area contributed by atoms with Crippen LogP contribution in [0.1, 0.15) is 17.2 Å². The van der Waals surface area contributed by atoms with Crippen LogP contribution in [0.5, 0.6) is 0 Å². The van der Waals surface area contributed by atoms with Crippen molar-refractivity contribution in [1.29, 1.82) is 0 Å². The van der Waals surface area contributed by atoms with Crippen molar-refractivity contribution in [3.8, 4) is 12.3 Å². The highest BCUT2D eigenvalue weighted by Gasteiger charge is 2.19. The zero-order valence-electron chi connectivity index (χ0n) is 6.75. The van der Waals surface area contributed by atoms with Gasteiger partial charge in [-0.25, -0.2) is 0 Å². The molecule has 2 rings (SSSR count). The SMILES string of the molecule is C#Cc1ccnc(C2CNC2)c1. The number of terminal acetylenes is 1. The van der Waals surface area contributed by atoms with Crippen LogP contribution in [-0.2, 0) is 0 Å². The van der Waals surface area contributed by atoms with E-state index in [1.807, 2.05) is 12.1 Å². The Balaban J connectivity index is 2.27. The third-order valence-corrected chi connectivity index (χ3v) is 2.15. The number of hydrogen-bond donors (Lipinski definition) is 1. The third-order valence-electron chi connectivity index (χ3n) is 2.15. The number of pyridine rings is 1. The minimum Gasteiger partial charge on any atom is -0.315 e. The topological polar surface area (TPSA) is 24.9 Å². The second kappa shape index (κ2) is 2.96. The van der Waals surface area contributed by atoms with E-state index in [1.54, 1.807) is 6.20 Å². The summed E-state index contributed by atoms with van der Waals surface area (Å²) in [6, 6.07) is 3.85. The van der Waals surface area contributed by atoms with Crippen LogP contribution in [0, 0.1) is 12.3 Å². The summed E-state index contributed by atoms with van der Waals surface area (Å²) in [6.07, 6.45) is 7.07. The molecular formula is C10H10N2. The van der Waals surface area contributed by atoms with Crippen molar-refractivity contribution >= 4 is 0 Å². The smallest absolute Gasteiger partial charge is 0.0472 e. The summed E-state index contributed by atoms with van der Waals surface area (Å²) >= 11 is 0. The molecule has 0 aliphatic carbocycles. The largest absolute Gasteiger partial charge is 0.315 e. The molecule has 2 heteroatoms. The first-order valence-electron chi connectivity index (χ1n) is 4.03. The number of nitrogens with one attached hydrogen (secondary N) is 1. The molecule has 1 aromatic heterocycles. The Labute approximate surface area is 72.0 Å². The second-order valence-corrected chi connectivity index (χ2v) is 2.97. The fraction of sp³-hybridized carbons (Fsp3) is 0.300. The molecule has 2 heterocycles. The minimum absolute atomic E-state index is 0.568. The van der Waals surface area contributed by atoms with Crippen LogP contribution in [0.25, 0.3) is 0 Å². The van der Waals surface area contributed by atoms with Crippen LogP contribution in [0.2, 0.25) is 0 Å². The molecule has 1 N–H and O–H groups in total. The van der Waals surface area contributed by atoms with Crippen molar-refractivity contribution in [2.24, 2.45) is 0 Å². The van der Waals surface area contributed by atoms with E-state index in [0.717, 1.165) is 24.3 Å². The van der Waals surface area contributed by atoms with Crippen LogP contribution >= 0.6 is 0 Å². The van der Waals surface area contributed by atoms with Crippen molar-refractivity contribution < 1.29 is 0 Å². The number of rotatable bonds is 1.